The Bertz CT molecular complexity index is 425. The molecule has 16 heavy (non-hydrogen) atoms. The maximum atomic E-state index is 9.62. The molecule has 1 heterocycles. The van der Waals surface area contributed by atoms with Gasteiger partial charge in [-0.2, -0.15) is 0 Å². The second-order valence-electron chi connectivity index (χ2n) is 3.56. The summed E-state index contributed by atoms with van der Waals surface area (Å²) in [6.07, 6.45) is -0.661. The number of methoxy groups -OCH3 is 2. The summed E-state index contributed by atoms with van der Waals surface area (Å²) in [7, 11) is 3.13. The fourth-order valence-electron chi connectivity index (χ4n) is 1.68. The molecule has 0 aliphatic carbocycles. The van der Waals surface area contributed by atoms with Gasteiger partial charge in [0.15, 0.2) is 11.5 Å². The highest BCUT2D eigenvalue weighted by atomic mass is 16.5. The van der Waals surface area contributed by atoms with Crippen molar-refractivity contribution < 1.29 is 19.3 Å². The maximum Gasteiger partial charge on any atom is 0.164 e. The second kappa shape index (κ2) is 4.06. The molecule has 2 rings (SSSR count). The molecule has 1 aromatic rings. The van der Waals surface area contributed by atoms with Crippen LogP contribution in [0.15, 0.2) is 18.7 Å². The van der Waals surface area contributed by atoms with Crippen LogP contribution < -0.4 is 14.2 Å². The van der Waals surface area contributed by atoms with E-state index < -0.39 is 6.10 Å². The standard InChI is InChI=1S/C12H14O4/c1-7-8-4-11(14-2)12(15-3)5-10(8)16-6-9(7)13/h4-5,9,13H,1,6H2,2-3H3/t9-/m0/s1. The predicted molar refractivity (Wildman–Crippen MR) is 60.1 cm³/mol. The van der Waals surface area contributed by atoms with Gasteiger partial charge in [0.2, 0.25) is 0 Å². The van der Waals surface area contributed by atoms with Gasteiger partial charge in [-0.1, -0.05) is 6.58 Å². The van der Waals surface area contributed by atoms with Gasteiger partial charge in [-0.3, -0.25) is 0 Å². The summed E-state index contributed by atoms with van der Waals surface area (Å²) in [5, 5.41) is 9.62. The van der Waals surface area contributed by atoms with Gasteiger partial charge in [0.1, 0.15) is 18.5 Å². The highest BCUT2D eigenvalue weighted by Gasteiger charge is 2.24. The smallest absolute Gasteiger partial charge is 0.164 e. The van der Waals surface area contributed by atoms with E-state index in [-0.39, 0.29) is 6.61 Å². The minimum Gasteiger partial charge on any atom is -0.493 e. The van der Waals surface area contributed by atoms with Crippen molar-refractivity contribution in [2.45, 2.75) is 6.10 Å². The molecule has 0 aromatic heterocycles. The normalized spacial score (nSPS) is 18.7. The lowest BCUT2D eigenvalue weighted by atomic mass is 9.98. The Hall–Kier alpha value is -1.68. The Morgan fingerprint density at radius 2 is 1.94 bits per heavy atom. The average Bonchev–Trinajstić information content (AvgIpc) is 2.32. The third kappa shape index (κ3) is 1.61. The van der Waals surface area contributed by atoms with Gasteiger partial charge in [-0.05, 0) is 11.6 Å². The van der Waals surface area contributed by atoms with E-state index >= 15 is 0 Å². The molecule has 4 heteroatoms. The number of hydrogen-bond acceptors (Lipinski definition) is 4. The molecule has 1 aromatic carbocycles. The van der Waals surface area contributed by atoms with Gasteiger partial charge in [0.05, 0.1) is 14.2 Å². The fraction of sp³-hybridized carbons (Fsp3) is 0.333. The van der Waals surface area contributed by atoms with Crippen LogP contribution in [0, 0.1) is 0 Å². The van der Waals surface area contributed by atoms with Crippen LogP contribution in [0.2, 0.25) is 0 Å². The minimum atomic E-state index is -0.661. The predicted octanol–water partition coefficient (Wildman–Crippen LogP) is 1.47. The summed E-state index contributed by atoms with van der Waals surface area (Å²) < 4.78 is 15.8. The highest BCUT2D eigenvalue weighted by molar-refractivity contribution is 5.75. The molecule has 0 saturated carbocycles. The van der Waals surface area contributed by atoms with Gasteiger partial charge in [0.25, 0.3) is 0 Å². The first-order valence-corrected chi connectivity index (χ1v) is 4.93. The molecule has 86 valence electrons. The zero-order chi connectivity index (χ0) is 11.7. The van der Waals surface area contributed by atoms with Crippen LogP contribution in [0.4, 0.5) is 0 Å². The molecule has 0 bridgehead atoms. The Kier molecular flexibility index (Phi) is 2.75. The van der Waals surface area contributed by atoms with Crippen LogP contribution in [0.5, 0.6) is 17.2 Å². The number of aliphatic hydroxyl groups excluding tert-OH is 1. The Morgan fingerprint density at radius 1 is 1.31 bits per heavy atom. The SMILES string of the molecule is C=C1c2cc(OC)c(OC)cc2OC[C@@H]1O. The monoisotopic (exact) mass is 222 g/mol. The Labute approximate surface area is 94.1 Å². The lowest BCUT2D eigenvalue weighted by Crippen LogP contribution is -2.24. The number of ether oxygens (including phenoxy) is 3. The molecule has 1 N–H and O–H groups in total. The van der Waals surface area contributed by atoms with Gasteiger partial charge in [-0.15, -0.1) is 0 Å². The van der Waals surface area contributed by atoms with E-state index in [1.165, 1.54) is 0 Å². The molecule has 0 radical (unpaired) electrons. The van der Waals surface area contributed by atoms with Crippen LogP contribution >= 0.6 is 0 Å². The number of hydrogen-bond donors (Lipinski definition) is 1. The summed E-state index contributed by atoms with van der Waals surface area (Å²) in [5.74, 6) is 1.86. The van der Waals surface area contributed by atoms with Crippen LogP contribution in [0.3, 0.4) is 0 Å². The summed E-state index contributed by atoms with van der Waals surface area (Å²) in [6.45, 7) is 4.06. The van der Waals surface area contributed by atoms with Crippen molar-refractivity contribution in [1.29, 1.82) is 0 Å². The second-order valence-corrected chi connectivity index (χ2v) is 3.56. The van der Waals surface area contributed by atoms with E-state index in [1.807, 2.05) is 0 Å². The fourth-order valence-corrected chi connectivity index (χ4v) is 1.68. The van der Waals surface area contributed by atoms with Crippen LogP contribution in [0.25, 0.3) is 5.57 Å². The van der Waals surface area contributed by atoms with Crippen molar-refractivity contribution in [2.24, 2.45) is 0 Å². The van der Waals surface area contributed by atoms with Gasteiger partial charge >= 0.3 is 0 Å². The maximum absolute atomic E-state index is 9.62. The number of aliphatic hydroxyl groups is 1. The summed E-state index contributed by atoms with van der Waals surface area (Å²) in [5.41, 5.74) is 1.40. The summed E-state index contributed by atoms with van der Waals surface area (Å²) >= 11 is 0. The van der Waals surface area contributed by atoms with Gasteiger partial charge < -0.3 is 19.3 Å². The first kappa shape index (κ1) is 10.8. The van der Waals surface area contributed by atoms with E-state index in [2.05, 4.69) is 6.58 Å². The van der Waals surface area contributed by atoms with Crippen LogP contribution in [-0.2, 0) is 0 Å². The van der Waals surface area contributed by atoms with Crippen LogP contribution in [-0.4, -0.2) is 32.0 Å². The molecule has 1 aliphatic heterocycles. The zero-order valence-electron chi connectivity index (χ0n) is 9.32. The number of benzene rings is 1. The van der Waals surface area contributed by atoms with Gasteiger partial charge in [0, 0.05) is 11.6 Å². The number of fused-ring (bicyclic) bond motifs is 1. The lowest BCUT2D eigenvalue weighted by Gasteiger charge is -2.25. The first-order chi connectivity index (χ1) is 7.67. The molecule has 1 atom stereocenters. The van der Waals surface area contributed by atoms with E-state index in [0.29, 0.717) is 22.8 Å². The molecule has 0 saturated heterocycles. The van der Waals surface area contributed by atoms with Crippen molar-refractivity contribution >= 4 is 5.57 Å². The van der Waals surface area contributed by atoms with Crippen molar-refractivity contribution in [1.82, 2.24) is 0 Å². The molecule has 0 unspecified atom stereocenters. The van der Waals surface area contributed by atoms with E-state index in [0.717, 1.165) is 5.56 Å². The van der Waals surface area contributed by atoms with Gasteiger partial charge in [-0.25, -0.2) is 0 Å². The molecule has 4 nitrogen and oxygen atoms in total. The van der Waals surface area contributed by atoms with Crippen molar-refractivity contribution in [2.75, 3.05) is 20.8 Å². The van der Waals surface area contributed by atoms with E-state index in [4.69, 9.17) is 14.2 Å². The topological polar surface area (TPSA) is 47.9 Å². The third-order valence-corrected chi connectivity index (χ3v) is 2.63. The van der Waals surface area contributed by atoms with E-state index in [9.17, 15) is 5.11 Å². The molecule has 0 fully saturated rings. The van der Waals surface area contributed by atoms with Crippen molar-refractivity contribution in [3.8, 4) is 17.2 Å². The quantitative estimate of drug-likeness (QED) is 0.823. The molecule has 0 spiro atoms. The Balaban J connectivity index is 2.52. The zero-order valence-corrected chi connectivity index (χ0v) is 9.32. The van der Waals surface area contributed by atoms with Crippen LogP contribution in [0.1, 0.15) is 5.56 Å². The van der Waals surface area contributed by atoms with E-state index in [1.54, 1.807) is 26.4 Å². The molecule has 0 amide bonds. The summed E-state index contributed by atoms with van der Waals surface area (Å²) in [4.78, 5) is 0. The summed E-state index contributed by atoms with van der Waals surface area (Å²) in [6, 6.07) is 3.50. The van der Waals surface area contributed by atoms with Crippen molar-refractivity contribution in [3.05, 3.63) is 24.3 Å². The molecular weight excluding hydrogens is 208 g/mol. The third-order valence-electron chi connectivity index (χ3n) is 2.63. The average molecular weight is 222 g/mol. The molecule has 1 aliphatic rings. The first-order valence-electron chi connectivity index (χ1n) is 4.93. The minimum absolute atomic E-state index is 0.224. The lowest BCUT2D eigenvalue weighted by molar-refractivity contribution is 0.142. The Morgan fingerprint density at radius 3 is 2.56 bits per heavy atom. The largest absolute Gasteiger partial charge is 0.493 e. The molecular formula is C12H14O4. The van der Waals surface area contributed by atoms with Crippen molar-refractivity contribution in [3.63, 3.8) is 0 Å². The number of rotatable bonds is 2. The highest BCUT2D eigenvalue weighted by Crippen LogP contribution is 2.40.